The lowest BCUT2D eigenvalue weighted by Gasteiger charge is -2.48. The lowest BCUT2D eigenvalue weighted by atomic mass is 9.56. The van der Waals surface area contributed by atoms with Gasteiger partial charge in [0.25, 0.3) is 0 Å². The number of aliphatic hydroxyl groups is 1. The van der Waals surface area contributed by atoms with E-state index in [1.807, 2.05) is 0 Å². The number of allylic oxidation sites excluding steroid dienone is 2. The molecule has 17 heavy (non-hydrogen) atoms. The van der Waals surface area contributed by atoms with Gasteiger partial charge in [-0.15, -0.1) is 0 Å². The second kappa shape index (κ2) is 3.83. The number of ether oxygens (including phenoxy) is 1. The minimum absolute atomic E-state index is 0.154. The maximum absolute atomic E-state index is 9.50. The third kappa shape index (κ3) is 1.77. The normalized spacial score (nSPS) is 49.5. The van der Waals surface area contributed by atoms with Crippen molar-refractivity contribution in [3.05, 3.63) is 11.6 Å². The van der Waals surface area contributed by atoms with Gasteiger partial charge in [-0.1, -0.05) is 18.6 Å². The fourth-order valence-electron chi connectivity index (χ4n) is 4.20. The number of fused-ring (bicyclic) bond motifs is 1. The Bertz CT molecular complexity index is 343. The summed E-state index contributed by atoms with van der Waals surface area (Å²) >= 11 is 0. The van der Waals surface area contributed by atoms with Gasteiger partial charge in [0.1, 0.15) is 5.60 Å². The highest BCUT2D eigenvalue weighted by atomic mass is 16.6. The lowest BCUT2D eigenvalue weighted by molar-refractivity contribution is 0.0291. The topological polar surface area (TPSA) is 32.8 Å². The molecule has 1 saturated heterocycles. The minimum atomic E-state index is -0.154. The van der Waals surface area contributed by atoms with Crippen LogP contribution < -0.4 is 0 Å². The number of hydrogen-bond donors (Lipinski definition) is 1. The summed E-state index contributed by atoms with van der Waals surface area (Å²) in [6, 6.07) is 0. The van der Waals surface area contributed by atoms with Crippen molar-refractivity contribution >= 4 is 0 Å². The standard InChI is InChI=1S/C15H24O2/c1-11-4-3-6-14(2)7-5-12(8-13(11)14)15(9-16)10-17-15/h4,12-13,16H,3,5-10H2,1-2H3/t12-,13+,14-,15?/m1/s1. The molecule has 2 fully saturated rings. The van der Waals surface area contributed by atoms with Gasteiger partial charge < -0.3 is 9.84 Å². The zero-order chi connectivity index (χ0) is 12.1. The molecule has 0 bridgehead atoms. The number of epoxide rings is 1. The summed E-state index contributed by atoms with van der Waals surface area (Å²) in [6.45, 7) is 5.75. The van der Waals surface area contributed by atoms with Crippen molar-refractivity contribution in [3.8, 4) is 0 Å². The molecule has 2 heteroatoms. The molecule has 1 aliphatic heterocycles. The molecule has 0 aromatic carbocycles. The molecule has 0 radical (unpaired) electrons. The summed E-state index contributed by atoms with van der Waals surface area (Å²) in [6.07, 6.45) is 8.78. The molecule has 0 spiro atoms. The van der Waals surface area contributed by atoms with Crippen LogP contribution in [0.1, 0.15) is 46.0 Å². The third-order valence-corrected chi connectivity index (χ3v) is 5.68. The first-order valence-corrected chi connectivity index (χ1v) is 7.01. The van der Waals surface area contributed by atoms with E-state index in [2.05, 4.69) is 19.9 Å². The van der Waals surface area contributed by atoms with E-state index in [0.29, 0.717) is 11.3 Å². The fourth-order valence-corrected chi connectivity index (χ4v) is 4.20. The van der Waals surface area contributed by atoms with Gasteiger partial charge in [-0.2, -0.15) is 0 Å². The Kier molecular flexibility index (Phi) is 2.64. The Hall–Kier alpha value is -0.340. The predicted molar refractivity (Wildman–Crippen MR) is 67.7 cm³/mol. The molecule has 2 aliphatic carbocycles. The van der Waals surface area contributed by atoms with E-state index in [1.165, 1.54) is 32.1 Å². The van der Waals surface area contributed by atoms with Crippen LogP contribution in [0, 0.1) is 17.3 Å². The zero-order valence-electron chi connectivity index (χ0n) is 11.0. The van der Waals surface area contributed by atoms with Gasteiger partial charge in [-0.05, 0) is 56.3 Å². The molecule has 1 heterocycles. The van der Waals surface area contributed by atoms with E-state index in [0.717, 1.165) is 12.5 Å². The molecule has 1 N–H and O–H groups in total. The fraction of sp³-hybridized carbons (Fsp3) is 0.867. The summed E-state index contributed by atoms with van der Waals surface area (Å²) in [5.41, 5.74) is 1.94. The van der Waals surface area contributed by atoms with Gasteiger partial charge in [0, 0.05) is 0 Å². The molecule has 0 aromatic rings. The highest BCUT2D eigenvalue weighted by Crippen LogP contribution is 2.56. The van der Waals surface area contributed by atoms with Gasteiger partial charge in [0.2, 0.25) is 0 Å². The van der Waals surface area contributed by atoms with Crippen LogP contribution in [0.4, 0.5) is 0 Å². The Morgan fingerprint density at radius 1 is 1.47 bits per heavy atom. The van der Waals surface area contributed by atoms with Crippen LogP contribution in [0.15, 0.2) is 11.6 Å². The molecular formula is C15H24O2. The van der Waals surface area contributed by atoms with Gasteiger partial charge in [-0.25, -0.2) is 0 Å². The maximum Gasteiger partial charge on any atom is 0.117 e. The monoisotopic (exact) mass is 236 g/mol. The van der Waals surface area contributed by atoms with E-state index < -0.39 is 0 Å². The second-order valence-electron chi connectivity index (χ2n) is 6.68. The van der Waals surface area contributed by atoms with E-state index >= 15 is 0 Å². The molecule has 96 valence electrons. The number of hydrogen-bond acceptors (Lipinski definition) is 2. The van der Waals surface area contributed by atoms with Crippen molar-refractivity contribution in [2.24, 2.45) is 17.3 Å². The van der Waals surface area contributed by atoms with Crippen molar-refractivity contribution in [1.82, 2.24) is 0 Å². The molecule has 1 saturated carbocycles. The largest absolute Gasteiger partial charge is 0.393 e. The quantitative estimate of drug-likeness (QED) is 0.590. The summed E-state index contributed by atoms with van der Waals surface area (Å²) in [4.78, 5) is 0. The number of aliphatic hydroxyl groups excluding tert-OH is 1. The van der Waals surface area contributed by atoms with Crippen LogP contribution in [-0.4, -0.2) is 23.9 Å². The van der Waals surface area contributed by atoms with Crippen molar-refractivity contribution in [2.75, 3.05) is 13.2 Å². The van der Waals surface area contributed by atoms with Crippen molar-refractivity contribution < 1.29 is 9.84 Å². The molecule has 3 rings (SSSR count). The van der Waals surface area contributed by atoms with Crippen molar-refractivity contribution in [1.29, 1.82) is 0 Å². The smallest absolute Gasteiger partial charge is 0.117 e. The predicted octanol–water partition coefficient (Wildman–Crippen LogP) is 2.91. The summed E-state index contributed by atoms with van der Waals surface area (Å²) in [5.74, 6) is 1.30. The minimum Gasteiger partial charge on any atom is -0.393 e. The highest BCUT2D eigenvalue weighted by Gasteiger charge is 2.55. The van der Waals surface area contributed by atoms with Crippen molar-refractivity contribution in [3.63, 3.8) is 0 Å². The van der Waals surface area contributed by atoms with Crippen molar-refractivity contribution in [2.45, 2.75) is 51.6 Å². The van der Waals surface area contributed by atoms with Crippen LogP contribution in [0.2, 0.25) is 0 Å². The first-order chi connectivity index (χ1) is 8.10. The Balaban J connectivity index is 1.79. The summed E-state index contributed by atoms with van der Waals surface area (Å²) in [5, 5.41) is 9.50. The second-order valence-corrected chi connectivity index (χ2v) is 6.68. The van der Waals surface area contributed by atoms with E-state index in [9.17, 15) is 5.11 Å². The lowest BCUT2D eigenvalue weighted by Crippen LogP contribution is -2.42. The Morgan fingerprint density at radius 2 is 2.24 bits per heavy atom. The average molecular weight is 236 g/mol. The summed E-state index contributed by atoms with van der Waals surface area (Å²) in [7, 11) is 0. The number of rotatable bonds is 2. The Labute approximate surface area is 104 Å². The molecular weight excluding hydrogens is 212 g/mol. The van der Waals surface area contributed by atoms with Gasteiger partial charge in [0.05, 0.1) is 13.2 Å². The summed E-state index contributed by atoms with van der Waals surface area (Å²) < 4.78 is 5.56. The van der Waals surface area contributed by atoms with Crippen LogP contribution in [-0.2, 0) is 4.74 Å². The molecule has 3 aliphatic rings. The zero-order valence-corrected chi connectivity index (χ0v) is 11.0. The maximum atomic E-state index is 9.50. The van der Waals surface area contributed by atoms with Crippen LogP contribution >= 0.6 is 0 Å². The first kappa shape index (κ1) is 11.7. The first-order valence-electron chi connectivity index (χ1n) is 7.01. The molecule has 0 amide bonds. The van der Waals surface area contributed by atoms with Gasteiger partial charge >= 0.3 is 0 Å². The van der Waals surface area contributed by atoms with Gasteiger partial charge in [0.15, 0.2) is 0 Å². The van der Waals surface area contributed by atoms with Crippen LogP contribution in [0.3, 0.4) is 0 Å². The molecule has 2 nitrogen and oxygen atoms in total. The molecule has 0 aromatic heterocycles. The highest BCUT2D eigenvalue weighted by molar-refractivity contribution is 5.16. The van der Waals surface area contributed by atoms with E-state index in [-0.39, 0.29) is 12.2 Å². The molecule has 1 unspecified atom stereocenters. The van der Waals surface area contributed by atoms with Crippen LogP contribution in [0.25, 0.3) is 0 Å². The average Bonchev–Trinajstić information content (AvgIpc) is 3.09. The van der Waals surface area contributed by atoms with Gasteiger partial charge in [-0.3, -0.25) is 0 Å². The van der Waals surface area contributed by atoms with E-state index in [4.69, 9.17) is 4.74 Å². The SMILES string of the molecule is CC1=CCC[C@]2(C)CC[C@@H](C3(CO)CO3)C[C@@H]12. The van der Waals surface area contributed by atoms with Crippen LogP contribution in [0.5, 0.6) is 0 Å². The molecule has 4 atom stereocenters. The van der Waals surface area contributed by atoms with E-state index in [1.54, 1.807) is 5.57 Å². The Morgan fingerprint density at radius 3 is 2.88 bits per heavy atom. The third-order valence-electron chi connectivity index (χ3n) is 5.68.